The third-order valence-electron chi connectivity index (χ3n) is 4.00. The normalized spacial score (nSPS) is 11.9. The number of thiophene rings is 1. The van der Waals surface area contributed by atoms with Gasteiger partial charge in [0.05, 0.1) is 15.3 Å². The largest absolute Gasteiger partial charge is 0.363 e. The van der Waals surface area contributed by atoms with E-state index in [1.165, 1.54) is 11.3 Å². The van der Waals surface area contributed by atoms with E-state index in [4.69, 9.17) is 21.5 Å². The fourth-order valence-electron chi connectivity index (χ4n) is 2.46. The van der Waals surface area contributed by atoms with Crippen LogP contribution in [0.15, 0.2) is 47.0 Å². The number of carbonyl (C=O) groups is 1. The van der Waals surface area contributed by atoms with Crippen molar-refractivity contribution in [1.82, 2.24) is 15.4 Å². The van der Waals surface area contributed by atoms with E-state index in [0.29, 0.717) is 26.5 Å². The Morgan fingerprint density at radius 1 is 1.26 bits per heavy atom. The van der Waals surface area contributed by atoms with Gasteiger partial charge in [-0.05, 0) is 19.1 Å². The molecule has 0 saturated heterocycles. The Labute approximate surface area is 166 Å². The second kappa shape index (κ2) is 7.94. The van der Waals surface area contributed by atoms with Gasteiger partial charge in [0.1, 0.15) is 11.5 Å². The topological polar surface area (TPSA) is 82.2 Å². The van der Waals surface area contributed by atoms with Gasteiger partial charge in [0.25, 0.3) is 5.91 Å². The van der Waals surface area contributed by atoms with Gasteiger partial charge in [-0.15, -0.1) is 11.3 Å². The fourth-order valence-corrected chi connectivity index (χ4v) is 3.41. The molecule has 2 aromatic heterocycles. The number of amides is 1. The molecule has 0 fully saturated rings. The van der Waals surface area contributed by atoms with Gasteiger partial charge in [-0.2, -0.15) is 0 Å². The fraction of sp³-hybridized carbons (Fsp3) is 0.211. The molecule has 0 aliphatic rings. The second-order valence-corrected chi connectivity index (χ2v) is 7.95. The van der Waals surface area contributed by atoms with E-state index in [2.05, 4.69) is 10.5 Å². The molecule has 2 N–H and O–H groups in total. The molecule has 0 unspecified atom stereocenters. The quantitative estimate of drug-likeness (QED) is 0.488. The van der Waals surface area contributed by atoms with E-state index in [-0.39, 0.29) is 11.9 Å². The lowest BCUT2D eigenvalue weighted by molar-refractivity contribution is 0.0938. The van der Waals surface area contributed by atoms with Gasteiger partial charge < -0.3 is 14.7 Å². The summed E-state index contributed by atoms with van der Waals surface area (Å²) in [6.07, 6.45) is 0. The number of halogens is 1. The number of aromatic nitrogens is 1. The highest BCUT2D eigenvalue weighted by molar-refractivity contribution is 7.18. The molecule has 0 radical (unpaired) electrons. The third kappa shape index (κ3) is 4.37. The van der Waals surface area contributed by atoms with E-state index in [0.717, 1.165) is 11.1 Å². The first kappa shape index (κ1) is 19.1. The van der Waals surface area contributed by atoms with Crippen molar-refractivity contribution in [2.75, 3.05) is 14.1 Å². The van der Waals surface area contributed by atoms with E-state index in [1.807, 2.05) is 45.3 Å². The minimum absolute atomic E-state index is 0.205. The van der Waals surface area contributed by atoms with Gasteiger partial charge in [0.15, 0.2) is 5.76 Å². The maximum Gasteiger partial charge on any atom is 0.261 e. The van der Waals surface area contributed by atoms with Crippen LogP contribution in [0.5, 0.6) is 0 Å². The van der Waals surface area contributed by atoms with Gasteiger partial charge in [-0.25, -0.2) is 0 Å². The molecule has 1 amide bonds. The molecule has 0 aliphatic heterocycles. The zero-order valence-electron chi connectivity index (χ0n) is 15.1. The van der Waals surface area contributed by atoms with Gasteiger partial charge in [0.2, 0.25) is 0 Å². The van der Waals surface area contributed by atoms with Crippen molar-refractivity contribution < 1.29 is 9.32 Å². The van der Waals surface area contributed by atoms with Crippen LogP contribution in [0, 0.1) is 5.41 Å². The third-order valence-corrected chi connectivity index (χ3v) is 5.23. The molecule has 3 aromatic rings. The molecule has 1 aromatic carbocycles. The number of nitrogens with zero attached hydrogens (tertiary/aromatic N) is 2. The van der Waals surface area contributed by atoms with Crippen LogP contribution in [0.25, 0.3) is 11.3 Å². The molecule has 1 atom stereocenters. The zero-order chi connectivity index (χ0) is 19.6. The molecule has 0 saturated carbocycles. The molecule has 0 spiro atoms. The Morgan fingerprint density at radius 2 is 1.96 bits per heavy atom. The highest BCUT2D eigenvalue weighted by atomic mass is 35.5. The van der Waals surface area contributed by atoms with Crippen molar-refractivity contribution >= 4 is 34.7 Å². The van der Waals surface area contributed by atoms with E-state index >= 15 is 0 Å². The lowest BCUT2D eigenvalue weighted by Crippen LogP contribution is -2.25. The van der Waals surface area contributed by atoms with Crippen LogP contribution in [0.2, 0.25) is 4.34 Å². The average Bonchev–Trinajstić information content (AvgIpc) is 3.30. The Kier molecular flexibility index (Phi) is 5.62. The first-order chi connectivity index (χ1) is 12.8. The van der Waals surface area contributed by atoms with Gasteiger partial charge in [0, 0.05) is 31.3 Å². The lowest BCUT2D eigenvalue weighted by atomic mass is 10.1. The summed E-state index contributed by atoms with van der Waals surface area (Å²) in [6.45, 7) is 1.83. The van der Waals surface area contributed by atoms with Crippen LogP contribution in [-0.2, 0) is 0 Å². The van der Waals surface area contributed by atoms with E-state index in [1.54, 1.807) is 23.1 Å². The Hall–Kier alpha value is -2.64. The first-order valence-corrected chi connectivity index (χ1v) is 9.44. The molecule has 27 heavy (non-hydrogen) atoms. The van der Waals surface area contributed by atoms with Gasteiger partial charge in [-0.3, -0.25) is 10.2 Å². The number of benzene rings is 1. The van der Waals surface area contributed by atoms with Crippen LogP contribution < -0.4 is 5.32 Å². The van der Waals surface area contributed by atoms with E-state index < -0.39 is 0 Å². The smallest absolute Gasteiger partial charge is 0.261 e. The minimum Gasteiger partial charge on any atom is -0.363 e. The SMILES string of the molecule is C[C@H](NC(=O)c1ccc(Cl)s1)c1cc(-c2ccc(C(=N)N(C)C)cc2)no1. The standard InChI is InChI=1S/C19H19ClN4O2S/c1-11(22-19(25)16-8-9-17(20)27-16)15-10-14(23-26-15)12-4-6-13(7-5-12)18(21)24(2)3/h4-11,21H,1-3H3,(H,22,25)/t11-/m0/s1. The van der Waals surface area contributed by atoms with Gasteiger partial charge >= 0.3 is 0 Å². The molecule has 0 bridgehead atoms. The molecular weight excluding hydrogens is 384 g/mol. The number of hydrogen-bond donors (Lipinski definition) is 2. The van der Waals surface area contributed by atoms with Gasteiger partial charge in [-0.1, -0.05) is 41.0 Å². The lowest BCUT2D eigenvalue weighted by Gasteiger charge is -2.13. The highest BCUT2D eigenvalue weighted by Gasteiger charge is 2.18. The molecule has 2 heterocycles. The average molecular weight is 403 g/mol. The van der Waals surface area contributed by atoms with Crippen molar-refractivity contribution in [3.63, 3.8) is 0 Å². The number of rotatable bonds is 5. The van der Waals surface area contributed by atoms with Crippen molar-refractivity contribution in [1.29, 1.82) is 5.41 Å². The summed E-state index contributed by atoms with van der Waals surface area (Å²) in [6, 6.07) is 12.4. The van der Waals surface area contributed by atoms with Crippen LogP contribution in [0.3, 0.4) is 0 Å². The number of hydrogen-bond acceptors (Lipinski definition) is 5. The number of carbonyl (C=O) groups excluding carboxylic acids is 1. The maximum absolute atomic E-state index is 12.2. The van der Waals surface area contributed by atoms with Crippen LogP contribution >= 0.6 is 22.9 Å². The zero-order valence-corrected chi connectivity index (χ0v) is 16.7. The summed E-state index contributed by atoms with van der Waals surface area (Å²) in [5.41, 5.74) is 2.37. The number of amidine groups is 1. The maximum atomic E-state index is 12.2. The van der Waals surface area contributed by atoms with Crippen molar-refractivity contribution in [2.24, 2.45) is 0 Å². The second-order valence-electron chi connectivity index (χ2n) is 6.23. The summed E-state index contributed by atoms with van der Waals surface area (Å²) < 4.78 is 5.97. The summed E-state index contributed by atoms with van der Waals surface area (Å²) >= 11 is 7.10. The predicted molar refractivity (Wildman–Crippen MR) is 108 cm³/mol. The summed E-state index contributed by atoms with van der Waals surface area (Å²) in [5, 5.41) is 15.0. The summed E-state index contributed by atoms with van der Waals surface area (Å²) in [5.74, 6) is 0.794. The predicted octanol–water partition coefficient (Wildman–Crippen LogP) is 4.43. The highest BCUT2D eigenvalue weighted by Crippen LogP contribution is 2.25. The van der Waals surface area contributed by atoms with Crippen LogP contribution in [0.4, 0.5) is 0 Å². The van der Waals surface area contributed by atoms with Crippen molar-refractivity contribution in [3.05, 3.63) is 63.0 Å². The Morgan fingerprint density at radius 3 is 2.56 bits per heavy atom. The monoisotopic (exact) mass is 402 g/mol. The molecule has 6 nitrogen and oxygen atoms in total. The van der Waals surface area contributed by atoms with Crippen LogP contribution in [0.1, 0.15) is 34.0 Å². The molecule has 0 aliphatic carbocycles. The van der Waals surface area contributed by atoms with Crippen LogP contribution in [-0.4, -0.2) is 35.9 Å². The number of nitrogens with one attached hydrogen (secondary N) is 2. The summed E-state index contributed by atoms with van der Waals surface area (Å²) in [7, 11) is 3.67. The first-order valence-electron chi connectivity index (χ1n) is 8.24. The molecule has 140 valence electrons. The van der Waals surface area contributed by atoms with Crippen molar-refractivity contribution in [2.45, 2.75) is 13.0 Å². The Bertz CT molecular complexity index is 962. The summed E-state index contributed by atoms with van der Waals surface area (Å²) in [4.78, 5) is 14.5. The Balaban J connectivity index is 1.70. The molecule has 8 heteroatoms. The van der Waals surface area contributed by atoms with E-state index in [9.17, 15) is 4.79 Å². The van der Waals surface area contributed by atoms with Crippen molar-refractivity contribution in [3.8, 4) is 11.3 Å². The molecular formula is C19H19ClN4O2S. The molecule has 3 rings (SSSR count). The minimum atomic E-state index is -0.333.